The minimum atomic E-state index is -4.42. The van der Waals surface area contributed by atoms with Gasteiger partial charge in [0.1, 0.15) is 11.6 Å². The van der Waals surface area contributed by atoms with Gasteiger partial charge in [0.15, 0.2) is 0 Å². The highest BCUT2D eigenvalue weighted by Crippen LogP contribution is 2.32. The zero-order valence-electron chi connectivity index (χ0n) is 11.1. The standard InChI is InChI=1S/C14H13ClF3N3/c1-19-12-6-10(14(16,17)18)7-13(21-12)20-8-9-3-2-4-11(15)5-9/h2-7H,8H2,1H3,(H2,19,20,21). The van der Waals surface area contributed by atoms with Crippen molar-refractivity contribution < 1.29 is 13.2 Å². The summed E-state index contributed by atoms with van der Waals surface area (Å²) < 4.78 is 38.4. The number of benzene rings is 1. The van der Waals surface area contributed by atoms with Crippen molar-refractivity contribution in [2.75, 3.05) is 17.7 Å². The Bertz CT molecular complexity index is 629. The van der Waals surface area contributed by atoms with E-state index in [4.69, 9.17) is 11.6 Å². The van der Waals surface area contributed by atoms with Gasteiger partial charge < -0.3 is 10.6 Å². The lowest BCUT2D eigenvalue weighted by Gasteiger charge is -2.12. The highest BCUT2D eigenvalue weighted by Gasteiger charge is 2.31. The van der Waals surface area contributed by atoms with Crippen LogP contribution in [-0.2, 0) is 12.7 Å². The summed E-state index contributed by atoms with van der Waals surface area (Å²) in [6.07, 6.45) is -4.42. The zero-order chi connectivity index (χ0) is 15.5. The highest BCUT2D eigenvalue weighted by atomic mass is 35.5. The van der Waals surface area contributed by atoms with Crippen LogP contribution in [0.4, 0.5) is 24.8 Å². The van der Waals surface area contributed by atoms with Crippen molar-refractivity contribution in [2.45, 2.75) is 12.7 Å². The Morgan fingerprint density at radius 2 is 1.86 bits per heavy atom. The van der Waals surface area contributed by atoms with Crippen LogP contribution in [0.1, 0.15) is 11.1 Å². The first-order valence-corrected chi connectivity index (χ1v) is 6.51. The van der Waals surface area contributed by atoms with E-state index in [1.165, 1.54) is 7.05 Å². The van der Waals surface area contributed by atoms with Crippen LogP contribution in [-0.4, -0.2) is 12.0 Å². The smallest absolute Gasteiger partial charge is 0.373 e. The van der Waals surface area contributed by atoms with Crippen LogP contribution in [0.3, 0.4) is 0 Å². The Morgan fingerprint density at radius 1 is 1.14 bits per heavy atom. The van der Waals surface area contributed by atoms with Gasteiger partial charge in [0.25, 0.3) is 0 Å². The van der Waals surface area contributed by atoms with Crippen LogP contribution in [0, 0.1) is 0 Å². The van der Waals surface area contributed by atoms with Crippen LogP contribution in [0.5, 0.6) is 0 Å². The first-order valence-electron chi connectivity index (χ1n) is 6.14. The van der Waals surface area contributed by atoms with Gasteiger partial charge in [0.05, 0.1) is 5.56 Å². The number of anilines is 2. The number of hydrogen-bond acceptors (Lipinski definition) is 3. The Kier molecular flexibility index (Phi) is 4.57. The van der Waals surface area contributed by atoms with E-state index in [2.05, 4.69) is 15.6 Å². The van der Waals surface area contributed by atoms with Crippen molar-refractivity contribution in [3.8, 4) is 0 Å². The lowest BCUT2D eigenvalue weighted by Crippen LogP contribution is -2.09. The number of aromatic nitrogens is 1. The maximum atomic E-state index is 12.8. The average Bonchev–Trinajstić information content (AvgIpc) is 2.44. The summed E-state index contributed by atoms with van der Waals surface area (Å²) in [5.41, 5.74) is 0.100. The number of halogens is 4. The SMILES string of the molecule is CNc1cc(C(F)(F)F)cc(NCc2cccc(Cl)c2)n1. The number of hydrogen-bond donors (Lipinski definition) is 2. The molecule has 0 atom stereocenters. The quantitative estimate of drug-likeness (QED) is 0.877. The second kappa shape index (κ2) is 6.22. The van der Waals surface area contributed by atoms with Gasteiger partial charge in [-0.1, -0.05) is 23.7 Å². The molecule has 0 spiro atoms. The third kappa shape index (κ3) is 4.26. The van der Waals surface area contributed by atoms with Crippen LogP contribution < -0.4 is 10.6 Å². The molecule has 1 aromatic carbocycles. The molecule has 0 radical (unpaired) electrons. The third-order valence-electron chi connectivity index (χ3n) is 2.77. The van der Waals surface area contributed by atoms with Crippen molar-refractivity contribution in [1.82, 2.24) is 4.98 Å². The predicted octanol–water partition coefficient (Wildman–Crippen LogP) is 4.41. The number of nitrogens with zero attached hydrogens (tertiary/aromatic N) is 1. The molecule has 0 saturated carbocycles. The minimum Gasteiger partial charge on any atom is -0.373 e. The summed E-state index contributed by atoms with van der Waals surface area (Å²) in [7, 11) is 1.52. The summed E-state index contributed by atoms with van der Waals surface area (Å²) in [6.45, 7) is 0.331. The van der Waals surface area contributed by atoms with E-state index < -0.39 is 11.7 Å². The largest absolute Gasteiger partial charge is 0.416 e. The van der Waals surface area contributed by atoms with Gasteiger partial charge in [-0.25, -0.2) is 4.98 Å². The summed E-state index contributed by atoms with van der Waals surface area (Å²) in [5.74, 6) is 0.299. The molecule has 0 aliphatic heterocycles. The molecule has 1 heterocycles. The summed E-state index contributed by atoms with van der Waals surface area (Å²) >= 11 is 5.86. The molecule has 0 amide bonds. The molecule has 0 fully saturated rings. The number of alkyl halides is 3. The van der Waals surface area contributed by atoms with E-state index in [0.29, 0.717) is 11.6 Å². The minimum absolute atomic E-state index is 0.147. The Labute approximate surface area is 125 Å². The normalized spacial score (nSPS) is 11.3. The van der Waals surface area contributed by atoms with Crippen LogP contribution in [0.25, 0.3) is 0 Å². The summed E-state index contributed by atoms with van der Waals surface area (Å²) in [6, 6.07) is 9.01. The topological polar surface area (TPSA) is 37.0 Å². The van der Waals surface area contributed by atoms with Gasteiger partial charge in [0.2, 0.25) is 0 Å². The van der Waals surface area contributed by atoms with E-state index in [-0.39, 0.29) is 11.6 Å². The van der Waals surface area contributed by atoms with Crippen molar-refractivity contribution >= 4 is 23.2 Å². The van der Waals surface area contributed by atoms with E-state index in [1.54, 1.807) is 18.2 Å². The van der Waals surface area contributed by atoms with Crippen molar-refractivity contribution in [1.29, 1.82) is 0 Å². The second-order valence-corrected chi connectivity index (χ2v) is 4.79. The first-order chi connectivity index (χ1) is 9.88. The molecule has 21 heavy (non-hydrogen) atoms. The molecule has 2 aromatic rings. The second-order valence-electron chi connectivity index (χ2n) is 4.36. The monoisotopic (exact) mass is 315 g/mol. The van der Waals surface area contributed by atoms with Crippen LogP contribution in [0.2, 0.25) is 5.02 Å². The Hall–Kier alpha value is -1.95. The fourth-order valence-corrected chi connectivity index (χ4v) is 1.97. The molecule has 7 heteroatoms. The van der Waals surface area contributed by atoms with Gasteiger partial charge in [-0.05, 0) is 29.8 Å². The van der Waals surface area contributed by atoms with E-state index in [9.17, 15) is 13.2 Å². The number of pyridine rings is 1. The van der Waals surface area contributed by atoms with Crippen molar-refractivity contribution in [3.63, 3.8) is 0 Å². The predicted molar refractivity (Wildman–Crippen MR) is 77.6 cm³/mol. The van der Waals surface area contributed by atoms with E-state index >= 15 is 0 Å². The van der Waals surface area contributed by atoms with Gasteiger partial charge in [-0.15, -0.1) is 0 Å². The number of rotatable bonds is 4. The molecule has 0 aliphatic rings. The van der Waals surface area contributed by atoms with Crippen LogP contribution >= 0.6 is 11.6 Å². The van der Waals surface area contributed by atoms with E-state index in [1.807, 2.05) is 6.07 Å². The highest BCUT2D eigenvalue weighted by molar-refractivity contribution is 6.30. The zero-order valence-corrected chi connectivity index (χ0v) is 11.9. The van der Waals surface area contributed by atoms with Gasteiger partial charge in [-0.3, -0.25) is 0 Å². The third-order valence-corrected chi connectivity index (χ3v) is 3.01. The van der Waals surface area contributed by atoms with Crippen molar-refractivity contribution in [3.05, 3.63) is 52.5 Å². The maximum Gasteiger partial charge on any atom is 0.416 e. The summed E-state index contributed by atoms with van der Waals surface area (Å²) in [5, 5.41) is 6.05. The molecular weight excluding hydrogens is 303 g/mol. The molecule has 3 nitrogen and oxygen atoms in total. The van der Waals surface area contributed by atoms with Gasteiger partial charge >= 0.3 is 6.18 Å². The maximum absolute atomic E-state index is 12.8. The van der Waals surface area contributed by atoms with E-state index in [0.717, 1.165) is 17.7 Å². The Balaban J connectivity index is 2.19. The first kappa shape index (κ1) is 15.4. The fourth-order valence-electron chi connectivity index (χ4n) is 1.75. The summed E-state index contributed by atoms with van der Waals surface area (Å²) in [4.78, 5) is 4.05. The molecule has 0 aliphatic carbocycles. The molecule has 0 unspecified atom stereocenters. The molecular formula is C14H13ClF3N3. The molecule has 1 aromatic heterocycles. The van der Waals surface area contributed by atoms with Crippen molar-refractivity contribution in [2.24, 2.45) is 0 Å². The lowest BCUT2D eigenvalue weighted by molar-refractivity contribution is -0.137. The van der Waals surface area contributed by atoms with Crippen LogP contribution in [0.15, 0.2) is 36.4 Å². The van der Waals surface area contributed by atoms with Gasteiger partial charge in [0, 0.05) is 18.6 Å². The van der Waals surface area contributed by atoms with Gasteiger partial charge in [-0.2, -0.15) is 13.2 Å². The average molecular weight is 316 g/mol. The number of nitrogens with one attached hydrogen (secondary N) is 2. The fraction of sp³-hybridized carbons (Fsp3) is 0.214. The molecule has 0 bridgehead atoms. The molecule has 2 rings (SSSR count). The Morgan fingerprint density at radius 3 is 2.48 bits per heavy atom. The lowest BCUT2D eigenvalue weighted by atomic mass is 10.2. The molecule has 2 N–H and O–H groups in total. The molecule has 112 valence electrons. The molecule has 0 saturated heterocycles.